The van der Waals surface area contributed by atoms with Gasteiger partial charge in [-0.05, 0) is 12.0 Å². The Labute approximate surface area is 119 Å². The van der Waals surface area contributed by atoms with Gasteiger partial charge in [-0.3, -0.25) is 4.79 Å². The lowest BCUT2D eigenvalue weighted by Gasteiger charge is -2.09. The number of nitrogens with zero attached hydrogens (tertiary/aromatic N) is 1. The molecule has 0 saturated carbocycles. The summed E-state index contributed by atoms with van der Waals surface area (Å²) >= 11 is 0. The van der Waals surface area contributed by atoms with E-state index in [4.69, 9.17) is 5.26 Å². The number of benzene rings is 1. The van der Waals surface area contributed by atoms with E-state index in [0.29, 0.717) is 37.5 Å². The third-order valence-corrected chi connectivity index (χ3v) is 2.75. The van der Waals surface area contributed by atoms with E-state index in [1.165, 1.54) is 6.07 Å². The van der Waals surface area contributed by atoms with E-state index in [1.807, 2.05) is 13.8 Å². The van der Waals surface area contributed by atoms with E-state index < -0.39 is 5.82 Å². The summed E-state index contributed by atoms with van der Waals surface area (Å²) in [6, 6.07) is 6.52. The van der Waals surface area contributed by atoms with Crippen LogP contribution in [0.15, 0.2) is 18.2 Å². The van der Waals surface area contributed by atoms with Gasteiger partial charge in [0.25, 0.3) is 0 Å². The van der Waals surface area contributed by atoms with E-state index in [9.17, 15) is 9.18 Å². The first kappa shape index (κ1) is 16.1. The smallest absolute Gasteiger partial charge is 0.221 e. The molecule has 0 heterocycles. The van der Waals surface area contributed by atoms with Crippen LogP contribution in [0.3, 0.4) is 0 Å². The number of nitrogens with one attached hydrogen (secondary N) is 2. The predicted octanol–water partition coefficient (Wildman–Crippen LogP) is 1.95. The lowest BCUT2D eigenvalue weighted by Crippen LogP contribution is -2.30. The third kappa shape index (κ3) is 5.37. The van der Waals surface area contributed by atoms with Crippen LogP contribution >= 0.6 is 0 Å². The second-order valence-electron chi connectivity index (χ2n) is 5.02. The van der Waals surface area contributed by atoms with Crippen LogP contribution in [-0.2, 0) is 11.3 Å². The molecule has 2 N–H and O–H groups in total. The maximum absolute atomic E-state index is 13.7. The van der Waals surface area contributed by atoms with Crippen LogP contribution in [0.2, 0.25) is 0 Å². The Kier molecular flexibility index (Phi) is 6.68. The SMILES string of the molecule is CC(C)CNC(=O)CCNCc1cccc(C#N)c1F. The Balaban J connectivity index is 2.32. The molecule has 20 heavy (non-hydrogen) atoms. The van der Waals surface area contributed by atoms with E-state index in [2.05, 4.69) is 10.6 Å². The molecule has 0 spiro atoms. The van der Waals surface area contributed by atoms with Gasteiger partial charge in [-0.15, -0.1) is 0 Å². The molecule has 1 rings (SSSR count). The van der Waals surface area contributed by atoms with E-state index in [0.717, 1.165) is 0 Å². The summed E-state index contributed by atoms with van der Waals surface area (Å²) < 4.78 is 13.7. The summed E-state index contributed by atoms with van der Waals surface area (Å²) in [7, 11) is 0. The van der Waals surface area contributed by atoms with Crippen molar-refractivity contribution in [3.63, 3.8) is 0 Å². The minimum atomic E-state index is -0.494. The Morgan fingerprint density at radius 2 is 2.20 bits per heavy atom. The molecular formula is C15H20FN3O. The first-order chi connectivity index (χ1) is 9.54. The van der Waals surface area contributed by atoms with Crippen molar-refractivity contribution >= 4 is 5.91 Å². The van der Waals surface area contributed by atoms with E-state index in [-0.39, 0.29) is 11.5 Å². The van der Waals surface area contributed by atoms with Gasteiger partial charge in [0.1, 0.15) is 11.9 Å². The van der Waals surface area contributed by atoms with Gasteiger partial charge in [0, 0.05) is 31.6 Å². The summed E-state index contributed by atoms with van der Waals surface area (Å²) in [5, 5.41) is 14.5. The molecule has 108 valence electrons. The van der Waals surface area contributed by atoms with Gasteiger partial charge in [-0.2, -0.15) is 5.26 Å². The maximum atomic E-state index is 13.7. The number of halogens is 1. The molecule has 1 amide bonds. The fraction of sp³-hybridized carbons (Fsp3) is 0.467. The number of carbonyl (C=O) groups is 1. The number of rotatable bonds is 7. The number of carbonyl (C=O) groups excluding carboxylic acids is 1. The molecule has 5 heteroatoms. The quantitative estimate of drug-likeness (QED) is 0.749. The fourth-order valence-corrected chi connectivity index (χ4v) is 1.63. The van der Waals surface area contributed by atoms with Crippen LogP contribution in [0.1, 0.15) is 31.4 Å². The number of nitriles is 1. The van der Waals surface area contributed by atoms with Crippen LogP contribution in [0, 0.1) is 23.1 Å². The first-order valence-corrected chi connectivity index (χ1v) is 6.69. The molecule has 0 unspecified atom stereocenters. The molecule has 0 saturated heterocycles. The largest absolute Gasteiger partial charge is 0.356 e. The predicted molar refractivity (Wildman–Crippen MR) is 75.3 cm³/mol. The molecule has 0 aromatic heterocycles. The Morgan fingerprint density at radius 3 is 2.85 bits per heavy atom. The van der Waals surface area contributed by atoms with Gasteiger partial charge < -0.3 is 10.6 Å². The first-order valence-electron chi connectivity index (χ1n) is 6.69. The second-order valence-corrected chi connectivity index (χ2v) is 5.02. The average molecular weight is 277 g/mol. The van der Waals surface area contributed by atoms with Crippen molar-refractivity contribution in [3.05, 3.63) is 35.1 Å². The molecule has 0 radical (unpaired) electrons. The normalized spacial score (nSPS) is 10.3. The van der Waals surface area contributed by atoms with Gasteiger partial charge in [-0.1, -0.05) is 26.0 Å². The summed E-state index contributed by atoms with van der Waals surface area (Å²) in [5.74, 6) is -0.0843. The monoisotopic (exact) mass is 277 g/mol. The van der Waals surface area contributed by atoms with Gasteiger partial charge in [0.05, 0.1) is 5.56 Å². The number of amides is 1. The van der Waals surface area contributed by atoms with Crippen LogP contribution < -0.4 is 10.6 Å². The molecule has 1 aromatic rings. The van der Waals surface area contributed by atoms with Crippen molar-refractivity contribution in [3.8, 4) is 6.07 Å². The standard InChI is InChI=1S/C15H20FN3O/c1-11(2)9-19-14(20)6-7-18-10-13-5-3-4-12(8-17)15(13)16/h3-5,11,18H,6-7,9-10H2,1-2H3,(H,19,20). The van der Waals surface area contributed by atoms with Crippen molar-refractivity contribution in [2.75, 3.05) is 13.1 Å². The molecule has 0 bridgehead atoms. The lowest BCUT2D eigenvalue weighted by molar-refractivity contribution is -0.121. The number of hydrogen-bond donors (Lipinski definition) is 2. The number of hydrogen-bond acceptors (Lipinski definition) is 3. The molecule has 0 atom stereocenters. The summed E-state index contributed by atoms with van der Waals surface area (Å²) in [6.07, 6.45) is 0.353. The van der Waals surface area contributed by atoms with Crippen LogP contribution in [0.25, 0.3) is 0 Å². The second kappa shape index (κ2) is 8.28. The third-order valence-electron chi connectivity index (χ3n) is 2.75. The zero-order valence-corrected chi connectivity index (χ0v) is 11.9. The van der Waals surface area contributed by atoms with Crippen LogP contribution in [0.5, 0.6) is 0 Å². The van der Waals surface area contributed by atoms with E-state index in [1.54, 1.807) is 18.2 Å². The molecular weight excluding hydrogens is 257 g/mol. The highest BCUT2D eigenvalue weighted by atomic mass is 19.1. The molecule has 4 nitrogen and oxygen atoms in total. The molecule has 0 fully saturated rings. The average Bonchev–Trinajstić information content (AvgIpc) is 2.43. The zero-order chi connectivity index (χ0) is 15.0. The maximum Gasteiger partial charge on any atom is 0.221 e. The fourth-order valence-electron chi connectivity index (χ4n) is 1.63. The molecule has 0 aliphatic carbocycles. The molecule has 0 aliphatic heterocycles. The minimum absolute atomic E-state index is 0.0163. The van der Waals surface area contributed by atoms with Crippen molar-refractivity contribution in [2.24, 2.45) is 5.92 Å². The van der Waals surface area contributed by atoms with Crippen LogP contribution in [0.4, 0.5) is 4.39 Å². The summed E-state index contributed by atoms with van der Waals surface area (Å²) in [4.78, 5) is 11.5. The van der Waals surface area contributed by atoms with Crippen molar-refractivity contribution in [1.29, 1.82) is 5.26 Å². The topological polar surface area (TPSA) is 64.9 Å². The Hall–Kier alpha value is -1.93. The summed E-state index contributed by atoms with van der Waals surface area (Å²) in [6.45, 7) is 5.50. The van der Waals surface area contributed by atoms with Crippen molar-refractivity contribution < 1.29 is 9.18 Å². The van der Waals surface area contributed by atoms with Gasteiger partial charge in [0.2, 0.25) is 5.91 Å². The van der Waals surface area contributed by atoms with Crippen LogP contribution in [-0.4, -0.2) is 19.0 Å². The highest BCUT2D eigenvalue weighted by molar-refractivity contribution is 5.76. The van der Waals surface area contributed by atoms with Crippen molar-refractivity contribution in [2.45, 2.75) is 26.8 Å². The van der Waals surface area contributed by atoms with Gasteiger partial charge in [0.15, 0.2) is 0 Å². The highest BCUT2D eigenvalue weighted by Gasteiger charge is 2.07. The Bertz CT molecular complexity index is 494. The van der Waals surface area contributed by atoms with E-state index >= 15 is 0 Å². The highest BCUT2D eigenvalue weighted by Crippen LogP contribution is 2.11. The van der Waals surface area contributed by atoms with Gasteiger partial charge >= 0.3 is 0 Å². The zero-order valence-electron chi connectivity index (χ0n) is 11.9. The minimum Gasteiger partial charge on any atom is -0.356 e. The molecule has 1 aromatic carbocycles. The lowest BCUT2D eigenvalue weighted by atomic mass is 10.1. The molecule has 0 aliphatic rings. The van der Waals surface area contributed by atoms with Crippen molar-refractivity contribution in [1.82, 2.24) is 10.6 Å². The summed E-state index contributed by atoms with van der Waals surface area (Å²) in [5.41, 5.74) is 0.477. The van der Waals surface area contributed by atoms with Gasteiger partial charge in [-0.25, -0.2) is 4.39 Å². The Morgan fingerprint density at radius 1 is 1.45 bits per heavy atom.